The van der Waals surface area contributed by atoms with E-state index in [0.29, 0.717) is 0 Å². The first-order valence-corrected chi connectivity index (χ1v) is 8.44. The number of alkyl halides is 15. The number of halogens is 15. The fraction of sp³-hybridized carbons (Fsp3) is 0.625. The minimum atomic E-state index is -6.98. The minimum Gasteiger partial charge on any atom is -0.397 e. The van der Waals surface area contributed by atoms with E-state index in [1.807, 2.05) is 0 Å². The third kappa shape index (κ3) is 4.29. The van der Waals surface area contributed by atoms with Gasteiger partial charge in [-0.15, -0.1) is 0 Å². The Morgan fingerprint density at radius 2 is 0.829 bits per heavy atom. The summed E-state index contributed by atoms with van der Waals surface area (Å²) in [5.41, 5.74) is -20.5. The monoisotopic (exact) mass is 550 g/mol. The molecule has 0 saturated heterocycles. The van der Waals surface area contributed by atoms with Crippen LogP contribution >= 0.6 is 0 Å². The highest BCUT2D eigenvalue weighted by Gasteiger charge is 2.75. The maximum absolute atomic E-state index is 13.6. The van der Waals surface area contributed by atoms with Gasteiger partial charge in [-0.3, -0.25) is 0 Å². The molecule has 0 bridgehead atoms. The summed E-state index contributed by atoms with van der Waals surface area (Å²) in [5, 5.41) is 19.1. The quantitative estimate of drug-likeness (QED) is 0.303. The zero-order valence-electron chi connectivity index (χ0n) is 16.8. The smallest absolute Gasteiger partial charge is 0.397 e. The predicted octanol–water partition coefficient (Wildman–Crippen LogP) is 5.32. The number of benzene rings is 1. The second-order valence-corrected chi connectivity index (χ2v) is 7.71. The van der Waals surface area contributed by atoms with Gasteiger partial charge in [0, 0.05) is 11.1 Å². The highest BCUT2D eigenvalue weighted by atomic mass is 19.4. The summed E-state index contributed by atoms with van der Waals surface area (Å²) in [7, 11) is 0. The van der Waals surface area contributed by atoms with E-state index in [1.165, 1.54) is 0 Å². The molecule has 0 fully saturated rings. The SMILES string of the molecule is CC(C)(c1cc(C(O)(C(F)(F)F)C(F)(F)F)c(N)c(N)c1C(O)(C(F)(F)F)C(F)(F)F)C(F)(F)F. The lowest BCUT2D eigenvalue weighted by Gasteiger charge is -2.41. The number of aliphatic hydroxyl groups is 2. The molecule has 19 heteroatoms. The summed E-state index contributed by atoms with van der Waals surface area (Å²) >= 11 is 0. The fourth-order valence-corrected chi connectivity index (χ4v) is 2.96. The zero-order valence-corrected chi connectivity index (χ0v) is 16.8. The molecular formula is C16H13F15N2O2. The summed E-state index contributed by atoms with van der Waals surface area (Å²) in [5.74, 6) is 0. The average Bonchev–Trinajstić information content (AvgIpc) is 2.57. The van der Waals surface area contributed by atoms with Crippen LogP contribution in [0.5, 0.6) is 0 Å². The second kappa shape index (κ2) is 7.84. The van der Waals surface area contributed by atoms with E-state index in [4.69, 9.17) is 11.5 Å². The third-order valence-electron chi connectivity index (χ3n) is 5.18. The van der Waals surface area contributed by atoms with Crippen LogP contribution in [0.2, 0.25) is 0 Å². The van der Waals surface area contributed by atoms with E-state index in [2.05, 4.69) is 0 Å². The maximum Gasteiger partial charge on any atom is 0.430 e. The Hall–Kier alpha value is -2.31. The molecule has 0 amide bonds. The molecule has 0 heterocycles. The number of anilines is 2. The molecule has 1 aromatic carbocycles. The molecule has 4 nitrogen and oxygen atoms in total. The van der Waals surface area contributed by atoms with Crippen LogP contribution in [0.4, 0.5) is 77.2 Å². The Balaban J connectivity index is 4.61. The van der Waals surface area contributed by atoms with Crippen molar-refractivity contribution >= 4 is 11.4 Å². The molecule has 6 N–H and O–H groups in total. The van der Waals surface area contributed by atoms with Gasteiger partial charge in [-0.05, 0) is 25.5 Å². The van der Waals surface area contributed by atoms with E-state index in [-0.39, 0.29) is 13.8 Å². The van der Waals surface area contributed by atoms with Crippen molar-refractivity contribution in [3.05, 3.63) is 22.8 Å². The first-order valence-electron chi connectivity index (χ1n) is 8.44. The molecule has 1 rings (SSSR count). The van der Waals surface area contributed by atoms with E-state index < -0.39 is 81.6 Å². The Morgan fingerprint density at radius 3 is 1.09 bits per heavy atom. The van der Waals surface area contributed by atoms with Gasteiger partial charge in [0.1, 0.15) is 0 Å². The lowest BCUT2D eigenvalue weighted by Crippen LogP contribution is -2.57. The van der Waals surface area contributed by atoms with Crippen LogP contribution in [0.15, 0.2) is 6.07 Å². The van der Waals surface area contributed by atoms with Crippen LogP contribution in [0.1, 0.15) is 30.5 Å². The lowest BCUT2D eigenvalue weighted by molar-refractivity contribution is -0.378. The summed E-state index contributed by atoms with van der Waals surface area (Å²) in [6.07, 6.45) is -33.7. The third-order valence-corrected chi connectivity index (χ3v) is 5.18. The topological polar surface area (TPSA) is 92.5 Å². The number of nitrogens with two attached hydrogens (primary N) is 2. The molecule has 0 unspecified atom stereocenters. The standard InChI is InChI=1S/C16H13F15N2O2/c1-9(2,12(17,18)19)4-3-5(10(34,13(20,21)22)14(23,24)25)7(32)8(33)6(4)11(35,15(26,27)28)16(29,30)31/h3,34-35H,32-33H2,1-2H3. The normalized spacial score (nSPS) is 15.5. The van der Waals surface area contributed by atoms with Gasteiger partial charge in [-0.25, -0.2) is 0 Å². The van der Waals surface area contributed by atoms with Gasteiger partial charge in [-0.2, -0.15) is 65.9 Å². The van der Waals surface area contributed by atoms with E-state index in [9.17, 15) is 76.1 Å². The van der Waals surface area contributed by atoms with Crippen molar-refractivity contribution in [1.29, 1.82) is 0 Å². The number of hydrogen-bond acceptors (Lipinski definition) is 4. The molecule has 0 aliphatic heterocycles. The summed E-state index contributed by atoms with van der Waals surface area (Å²) in [6.45, 7) is -0.447. The Morgan fingerprint density at radius 1 is 0.514 bits per heavy atom. The molecule has 204 valence electrons. The Bertz CT molecular complexity index is 940. The number of hydrogen-bond donors (Lipinski definition) is 4. The Kier molecular flexibility index (Phi) is 6.88. The average molecular weight is 550 g/mol. The van der Waals surface area contributed by atoms with Gasteiger partial charge in [0.2, 0.25) is 0 Å². The molecule has 35 heavy (non-hydrogen) atoms. The van der Waals surface area contributed by atoms with Crippen molar-refractivity contribution < 1.29 is 76.1 Å². The van der Waals surface area contributed by atoms with Crippen molar-refractivity contribution in [3.63, 3.8) is 0 Å². The first kappa shape index (κ1) is 30.7. The molecule has 0 aliphatic carbocycles. The largest absolute Gasteiger partial charge is 0.430 e. The van der Waals surface area contributed by atoms with Gasteiger partial charge in [0.25, 0.3) is 11.2 Å². The van der Waals surface area contributed by atoms with Gasteiger partial charge < -0.3 is 21.7 Å². The first-order chi connectivity index (χ1) is 14.9. The second-order valence-electron chi connectivity index (χ2n) is 7.71. The Labute approximate surface area is 184 Å². The minimum absolute atomic E-state index is 0.224. The van der Waals surface area contributed by atoms with Crippen LogP contribution in [0.3, 0.4) is 0 Å². The molecular weight excluding hydrogens is 537 g/mol. The highest BCUT2D eigenvalue weighted by molar-refractivity contribution is 5.77. The molecule has 0 aliphatic rings. The van der Waals surface area contributed by atoms with Crippen LogP contribution < -0.4 is 11.5 Å². The van der Waals surface area contributed by atoms with Crippen molar-refractivity contribution in [2.45, 2.75) is 61.3 Å². The van der Waals surface area contributed by atoms with Crippen molar-refractivity contribution in [2.75, 3.05) is 11.5 Å². The highest BCUT2D eigenvalue weighted by Crippen LogP contribution is 2.59. The van der Waals surface area contributed by atoms with Crippen LogP contribution in [0, 0.1) is 0 Å². The number of rotatable bonds is 3. The predicted molar refractivity (Wildman–Crippen MR) is 86.4 cm³/mol. The lowest BCUT2D eigenvalue weighted by atomic mass is 9.72. The van der Waals surface area contributed by atoms with Gasteiger partial charge in [0.05, 0.1) is 16.8 Å². The van der Waals surface area contributed by atoms with Crippen molar-refractivity contribution in [1.82, 2.24) is 0 Å². The maximum atomic E-state index is 13.6. The molecule has 0 spiro atoms. The molecule has 0 aromatic heterocycles. The number of nitrogen functional groups attached to an aromatic ring is 2. The van der Waals surface area contributed by atoms with Crippen LogP contribution in [0.25, 0.3) is 0 Å². The van der Waals surface area contributed by atoms with E-state index in [0.717, 1.165) is 0 Å². The van der Waals surface area contributed by atoms with Crippen LogP contribution in [-0.4, -0.2) is 41.1 Å². The summed E-state index contributed by atoms with van der Waals surface area (Å²) in [6, 6.07) is -1.10. The van der Waals surface area contributed by atoms with Crippen LogP contribution in [-0.2, 0) is 16.6 Å². The zero-order chi connectivity index (χ0) is 28.6. The van der Waals surface area contributed by atoms with E-state index >= 15 is 0 Å². The summed E-state index contributed by atoms with van der Waals surface area (Å²) < 4.78 is 201. The van der Waals surface area contributed by atoms with Gasteiger partial charge in [-0.1, -0.05) is 0 Å². The van der Waals surface area contributed by atoms with E-state index in [1.54, 1.807) is 0 Å². The summed E-state index contributed by atoms with van der Waals surface area (Å²) in [4.78, 5) is 0. The molecule has 0 atom stereocenters. The van der Waals surface area contributed by atoms with Gasteiger partial charge in [0.15, 0.2) is 0 Å². The molecule has 1 aromatic rings. The van der Waals surface area contributed by atoms with Gasteiger partial charge >= 0.3 is 30.9 Å². The van der Waals surface area contributed by atoms with Crippen molar-refractivity contribution in [3.8, 4) is 0 Å². The molecule has 0 saturated carbocycles. The fourth-order valence-electron chi connectivity index (χ4n) is 2.96. The van der Waals surface area contributed by atoms with Crippen molar-refractivity contribution in [2.24, 2.45) is 0 Å². The molecule has 0 radical (unpaired) electrons.